The number of halogens is 24. The molecule has 0 saturated heterocycles. The lowest BCUT2D eigenvalue weighted by Gasteiger charge is -2.45. The summed E-state index contributed by atoms with van der Waals surface area (Å²) < 4.78 is 335. The van der Waals surface area contributed by atoms with Crippen molar-refractivity contribution in [2.24, 2.45) is 0 Å². The van der Waals surface area contributed by atoms with E-state index < -0.39 is 178 Å². The number of aliphatic hydroxyl groups excluding tert-OH is 1. The third kappa shape index (κ3) is 14.6. The third-order valence-electron chi connectivity index (χ3n) is 14.2. The van der Waals surface area contributed by atoms with Crippen LogP contribution in [-0.4, -0.2) is 43.1 Å². The van der Waals surface area contributed by atoms with Crippen LogP contribution in [0, 0.1) is 162 Å². The fourth-order valence-corrected chi connectivity index (χ4v) is 12.3. The van der Waals surface area contributed by atoms with Crippen molar-refractivity contribution in [3.63, 3.8) is 0 Å². The van der Waals surface area contributed by atoms with E-state index in [0.29, 0.717) is 11.7 Å². The lowest BCUT2D eigenvalue weighted by atomic mass is 9.12. The zero-order valence-corrected chi connectivity index (χ0v) is 51.0. The van der Waals surface area contributed by atoms with Gasteiger partial charge in [-0.25, -0.2) is 101 Å². The summed E-state index contributed by atoms with van der Waals surface area (Å²) in [6.45, 7) is 7.69. The van der Waals surface area contributed by atoms with Crippen LogP contribution in [0.25, 0.3) is 10.8 Å². The maximum atomic E-state index is 15.6. The first-order valence-electron chi connectivity index (χ1n) is 26.1. The number of carbonyl (C=O) groups is 1. The van der Waals surface area contributed by atoms with Gasteiger partial charge < -0.3 is 5.11 Å². The predicted molar refractivity (Wildman–Crippen MR) is 305 cm³/mol. The average molecular weight is 1460 g/mol. The number of carbonyl (C=O) groups excluding carboxylic acids is 1. The quantitative estimate of drug-likeness (QED) is 0.0267. The fraction of sp³-hybridized carbons (Fsp3) is 0.172. The molecule has 9 rings (SSSR count). The van der Waals surface area contributed by atoms with Crippen LogP contribution in [0.4, 0.5) is 101 Å². The highest BCUT2D eigenvalue weighted by Crippen LogP contribution is 2.32. The molecule has 0 aromatic heterocycles. The first kappa shape index (κ1) is 76.2. The Hall–Kier alpha value is -7.53. The van der Waals surface area contributed by atoms with Crippen molar-refractivity contribution in [3.05, 3.63) is 259 Å². The summed E-state index contributed by atoms with van der Waals surface area (Å²) in [6.07, 6.45) is -2.91. The highest BCUT2D eigenvalue weighted by atomic mass is 127. The molecule has 0 aliphatic carbocycles. The zero-order valence-electron chi connectivity index (χ0n) is 48.1. The molecule has 0 saturated carbocycles. The molecule has 0 unspecified atom stereocenters. The normalized spacial score (nSPS) is 11.3. The Morgan fingerprint density at radius 2 is 0.731 bits per heavy atom. The van der Waals surface area contributed by atoms with Gasteiger partial charge >= 0.3 is 21.2 Å². The van der Waals surface area contributed by atoms with Crippen LogP contribution in [0.5, 0.6) is 0 Å². The van der Waals surface area contributed by atoms with Gasteiger partial charge in [0.1, 0.15) is 60.5 Å². The van der Waals surface area contributed by atoms with Crippen LogP contribution in [0.1, 0.15) is 65.4 Å². The van der Waals surface area contributed by atoms with Gasteiger partial charge in [-0.2, -0.15) is 0 Å². The molecule has 0 bridgehead atoms. The molecule has 0 heterocycles. The number of aliphatic hydroxyl groups is 1. The summed E-state index contributed by atoms with van der Waals surface area (Å²) in [6, 6.07) is 29.5. The van der Waals surface area contributed by atoms with Crippen LogP contribution in [0.15, 0.2) is 84.9 Å². The molecule has 0 spiro atoms. The van der Waals surface area contributed by atoms with Crippen LogP contribution in [-0.2, 0) is 17.5 Å². The predicted octanol–water partition coefficient (Wildman–Crippen LogP) is 11.6. The van der Waals surface area contributed by atoms with E-state index in [1.54, 1.807) is 0 Å². The van der Waals surface area contributed by atoms with Crippen molar-refractivity contribution in [1.29, 1.82) is 0 Å². The Morgan fingerprint density at radius 3 is 1.05 bits per heavy atom. The Labute approximate surface area is 530 Å². The number of rotatable bonds is 11. The van der Waals surface area contributed by atoms with Crippen LogP contribution >= 0.6 is 0 Å². The largest absolute Gasteiger partial charge is 0.392 e. The highest BCUT2D eigenvalue weighted by Gasteiger charge is 2.52. The molecule has 93 heavy (non-hydrogen) atoms. The van der Waals surface area contributed by atoms with Gasteiger partial charge in [-0.1, -0.05) is 87.5 Å². The minimum atomic E-state index is -7.05. The van der Waals surface area contributed by atoms with Crippen molar-refractivity contribution in [2.75, 3.05) is 18.3 Å². The maximum Gasteiger partial charge on any atom is 0.357 e. The second-order valence-electron chi connectivity index (χ2n) is 20.5. The van der Waals surface area contributed by atoms with Gasteiger partial charge in [0.25, 0.3) is 0 Å². The molecule has 9 aromatic rings. The molecule has 29 heteroatoms. The molecule has 1 N–H and O–H groups in total. The van der Waals surface area contributed by atoms with Crippen molar-refractivity contribution in [1.82, 2.24) is 0 Å². The summed E-state index contributed by atoms with van der Waals surface area (Å²) in [5, 5.41) is 11.2. The van der Waals surface area contributed by atoms with E-state index in [1.165, 1.54) is 18.3 Å². The molecule has 9 aromatic carbocycles. The SMILES string of the molecule is C.C[S+](C)CC(=O)c1ccc(CO)c2ccccc12.Cc1c(F)c(F)c([B-](c2c(F)c(F)c(F)c(F)c2F)(c2c(F)c(F)c(F)c(F)c2F)c2c(F)c(F)c(F)c(F)c2F)c(F)c1F.Cc1ccc([I+]c2ccc(C(C)C)cc2)cc1.[B]c1c(F)c(F)c(C)c(F)c1F. The number of hydrogen-bond donors (Lipinski definition) is 1. The number of Topliss-reactive ketones (excluding diaryl/α,β-unsaturated/α-hetero) is 1. The van der Waals surface area contributed by atoms with Gasteiger partial charge in [0.15, 0.2) is 100 Å². The molecule has 2 radical (unpaired) electrons. The summed E-state index contributed by atoms with van der Waals surface area (Å²) in [4.78, 5) is 12.2. The molecule has 2 nitrogen and oxygen atoms in total. The smallest absolute Gasteiger partial charge is 0.357 e. The third-order valence-corrected chi connectivity index (χ3v) is 17.7. The Bertz CT molecular complexity index is 3840. The van der Waals surface area contributed by atoms with E-state index in [1.807, 2.05) is 36.4 Å². The molecule has 0 aliphatic rings. The molecule has 0 aliphatic heterocycles. The van der Waals surface area contributed by atoms with Gasteiger partial charge in [0, 0.05) is 16.7 Å². The summed E-state index contributed by atoms with van der Waals surface area (Å²) >= 11 is -0.0167. The van der Waals surface area contributed by atoms with E-state index in [0.717, 1.165) is 28.8 Å². The average Bonchev–Trinajstić information content (AvgIpc) is 0.682. The van der Waals surface area contributed by atoms with Crippen molar-refractivity contribution in [3.8, 4) is 0 Å². The monoisotopic (exact) mass is 1460 g/mol. The van der Waals surface area contributed by atoms with Crippen LogP contribution in [0.2, 0.25) is 0 Å². The van der Waals surface area contributed by atoms with Crippen LogP contribution < -0.4 is 48.5 Å². The minimum absolute atomic E-state index is 0. The van der Waals surface area contributed by atoms with E-state index in [-0.39, 0.29) is 58.8 Å². The number of aryl methyl sites for hydroxylation is 1. The van der Waals surface area contributed by atoms with Gasteiger partial charge in [0.05, 0.1) is 19.1 Å². The Kier molecular flexibility index (Phi) is 25.1. The molecule has 0 fully saturated rings. The van der Waals surface area contributed by atoms with Gasteiger partial charge in [-0.15, -0.1) is 21.9 Å². The van der Waals surface area contributed by atoms with E-state index in [2.05, 4.69) is 81.8 Å². The lowest BCUT2D eigenvalue weighted by Crippen LogP contribution is -3.61. The summed E-state index contributed by atoms with van der Waals surface area (Å²) in [7, 11) is 4.83. The molecule has 0 amide bonds. The molecular weight excluding hydrogens is 1420 g/mol. The number of fused-ring (bicyclic) bond motifs is 1. The minimum Gasteiger partial charge on any atom is -0.392 e. The van der Waals surface area contributed by atoms with Crippen molar-refractivity contribution < 1.29 is 132 Å². The number of benzene rings is 9. The lowest BCUT2D eigenvalue weighted by molar-refractivity contribution is -0.597. The van der Waals surface area contributed by atoms with E-state index >= 15 is 35.1 Å². The second kappa shape index (κ2) is 30.7. The second-order valence-corrected chi connectivity index (χ2v) is 25.8. The number of hydrogen-bond acceptors (Lipinski definition) is 2. The number of ketones is 1. The highest BCUT2D eigenvalue weighted by molar-refractivity contribution is 7.96. The summed E-state index contributed by atoms with van der Waals surface area (Å²) in [5.74, 6) is -69.4. The van der Waals surface area contributed by atoms with Gasteiger partial charge in [-0.05, 0) is 89.2 Å². The van der Waals surface area contributed by atoms with Crippen molar-refractivity contribution in [2.45, 2.75) is 54.6 Å². The summed E-state index contributed by atoms with van der Waals surface area (Å²) in [5.41, 5.74) is -13.0. The van der Waals surface area contributed by atoms with Crippen LogP contribution in [0.3, 0.4) is 0 Å². The Balaban J connectivity index is 0.000000265. The fourth-order valence-electron chi connectivity index (χ4n) is 9.48. The standard InChI is InChI=1S/C25H3BF19.C16H18I.C15H17O2S.C7H3BF4.CH4/c1-2-7(27)9(29)3(10(30)8(2)28)26(4-11(31)17(37)23(43)18(38)12(4)32,5-13(33)19(39)24(44)20(40)14(5)34)6-15(35)21(41)25(45)22(42)16(6)36;1-12(2)14-6-10-16(11-7-14)17-15-8-4-13(3)5-9-15;1-18(2)10-15(17)14-8-7-11(9-16)12-5-3-4-6-13(12)14;1-2-4(9)6(11)3(8)7(12)5(2)10;/h1H3;4-12H,1-3H3;3-8,16H,9-10H2,1-2H3;1H3;1H4/q-1;2*+1;;. The maximum absolute atomic E-state index is 15.6. The molecular formula is C64H45B2F23IO2S+. The Morgan fingerprint density at radius 1 is 0.430 bits per heavy atom. The topological polar surface area (TPSA) is 37.3 Å². The van der Waals surface area contributed by atoms with Crippen molar-refractivity contribution >= 4 is 68.8 Å². The van der Waals surface area contributed by atoms with E-state index in [9.17, 15) is 75.8 Å². The first-order chi connectivity index (χ1) is 42.9. The van der Waals surface area contributed by atoms with Gasteiger partial charge in [0.2, 0.25) is 5.78 Å². The van der Waals surface area contributed by atoms with E-state index in [4.69, 9.17) is 7.85 Å². The molecule has 0 atom stereocenters. The zero-order chi connectivity index (χ0) is 69.2. The molecule has 492 valence electrons. The first-order valence-corrected chi connectivity index (χ1v) is 30.4. The van der Waals surface area contributed by atoms with Gasteiger partial charge in [-0.3, -0.25) is 4.79 Å².